The van der Waals surface area contributed by atoms with Crippen molar-refractivity contribution in [1.82, 2.24) is 10.2 Å². The number of nitrogens with zero attached hydrogens (tertiary/aromatic N) is 1. The van der Waals surface area contributed by atoms with Gasteiger partial charge in [0.15, 0.2) is 6.61 Å². The van der Waals surface area contributed by atoms with Gasteiger partial charge in [-0.25, -0.2) is 4.39 Å². The quantitative estimate of drug-likeness (QED) is 0.528. The van der Waals surface area contributed by atoms with Crippen LogP contribution in [0.2, 0.25) is 0 Å². The summed E-state index contributed by atoms with van der Waals surface area (Å²) in [6.07, 6.45) is 0.793. The third kappa shape index (κ3) is 7.30. The van der Waals surface area contributed by atoms with Crippen LogP contribution in [0.4, 0.5) is 4.39 Å². The maximum absolute atomic E-state index is 12.8. The molecule has 0 fully saturated rings. The van der Waals surface area contributed by atoms with E-state index in [0.29, 0.717) is 17.9 Å². The molecule has 2 rings (SSSR count). The highest BCUT2D eigenvalue weighted by atomic mass is 32.2. The van der Waals surface area contributed by atoms with Crippen LogP contribution in [0.1, 0.15) is 16.8 Å². The van der Waals surface area contributed by atoms with Crippen LogP contribution in [0.15, 0.2) is 53.4 Å². The molecule has 0 spiro atoms. The lowest BCUT2D eigenvalue weighted by molar-refractivity contribution is -0.130. The van der Waals surface area contributed by atoms with E-state index in [4.69, 9.17) is 4.74 Å². The first-order chi connectivity index (χ1) is 13.0. The summed E-state index contributed by atoms with van der Waals surface area (Å²) in [5.74, 6) is 0.713. The van der Waals surface area contributed by atoms with E-state index >= 15 is 0 Å². The van der Waals surface area contributed by atoms with Gasteiger partial charge in [-0.1, -0.05) is 6.07 Å². The molecule has 27 heavy (non-hydrogen) atoms. The van der Waals surface area contributed by atoms with Gasteiger partial charge in [-0.2, -0.15) is 0 Å². The van der Waals surface area contributed by atoms with Gasteiger partial charge < -0.3 is 15.0 Å². The van der Waals surface area contributed by atoms with E-state index in [1.807, 2.05) is 0 Å². The van der Waals surface area contributed by atoms with Crippen LogP contribution in [-0.4, -0.2) is 49.7 Å². The Bertz CT molecular complexity index is 766. The summed E-state index contributed by atoms with van der Waals surface area (Å²) in [6.45, 7) is 0.468. The second kappa shape index (κ2) is 10.6. The molecule has 5 nitrogen and oxygen atoms in total. The highest BCUT2D eigenvalue weighted by Gasteiger charge is 2.08. The average molecular weight is 390 g/mol. The fourth-order valence-corrected chi connectivity index (χ4v) is 2.95. The first kappa shape index (κ1) is 20.8. The van der Waals surface area contributed by atoms with E-state index in [1.54, 1.807) is 62.3 Å². The highest BCUT2D eigenvalue weighted by molar-refractivity contribution is 7.99. The minimum atomic E-state index is -0.246. The molecule has 0 heterocycles. The van der Waals surface area contributed by atoms with Crippen molar-refractivity contribution in [3.63, 3.8) is 0 Å². The molecule has 0 bridgehead atoms. The van der Waals surface area contributed by atoms with Gasteiger partial charge in [-0.05, 0) is 54.6 Å². The number of likely N-dealkylation sites (N-methyl/N-ethyl adjacent to an activating group) is 1. The van der Waals surface area contributed by atoms with Crippen molar-refractivity contribution in [3.8, 4) is 5.75 Å². The van der Waals surface area contributed by atoms with Gasteiger partial charge in [0.1, 0.15) is 11.6 Å². The zero-order chi connectivity index (χ0) is 19.6. The maximum Gasteiger partial charge on any atom is 0.259 e. The lowest BCUT2D eigenvalue weighted by Crippen LogP contribution is -2.27. The van der Waals surface area contributed by atoms with Crippen LogP contribution in [-0.2, 0) is 4.79 Å². The SMILES string of the molecule is CN(C)C(=O)COc1cccc(C(=O)NCCCSc2ccc(F)cc2)c1. The first-order valence-electron chi connectivity index (χ1n) is 8.55. The molecule has 0 radical (unpaired) electrons. The van der Waals surface area contributed by atoms with Crippen LogP contribution >= 0.6 is 11.8 Å². The number of ether oxygens (including phenoxy) is 1. The highest BCUT2D eigenvalue weighted by Crippen LogP contribution is 2.18. The minimum absolute atomic E-state index is 0.0708. The summed E-state index contributed by atoms with van der Waals surface area (Å²) in [7, 11) is 3.31. The number of hydrogen-bond donors (Lipinski definition) is 1. The second-order valence-corrected chi connectivity index (χ2v) is 7.18. The molecule has 0 saturated heterocycles. The summed E-state index contributed by atoms with van der Waals surface area (Å²) < 4.78 is 18.3. The molecule has 2 aromatic carbocycles. The number of carbonyl (C=O) groups is 2. The van der Waals surface area contributed by atoms with Gasteiger partial charge in [-0.15, -0.1) is 11.8 Å². The minimum Gasteiger partial charge on any atom is -0.484 e. The van der Waals surface area contributed by atoms with E-state index in [9.17, 15) is 14.0 Å². The van der Waals surface area contributed by atoms with E-state index in [0.717, 1.165) is 17.1 Å². The van der Waals surface area contributed by atoms with Crippen LogP contribution in [0.5, 0.6) is 5.75 Å². The Morgan fingerprint density at radius 3 is 2.59 bits per heavy atom. The third-order valence-corrected chi connectivity index (χ3v) is 4.74. The molecule has 0 atom stereocenters. The van der Waals surface area contributed by atoms with E-state index in [2.05, 4.69) is 5.32 Å². The summed E-state index contributed by atoms with van der Waals surface area (Å²) in [4.78, 5) is 26.2. The largest absolute Gasteiger partial charge is 0.484 e. The fourth-order valence-electron chi connectivity index (χ4n) is 2.10. The van der Waals surface area contributed by atoms with E-state index in [1.165, 1.54) is 17.0 Å². The van der Waals surface area contributed by atoms with Gasteiger partial charge in [0, 0.05) is 31.1 Å². The molecule has 0 aliphatic carbocycles. The van der Waals surface area contributed by atoms with E-state index in [-0.39, 0.29) is 24.2 Å². The predicted octanol–water partition coefficient (Wildman–Crippen LogP) is 3.20. The molecule has 0 aliphatic rings. The Hall–Kier alpha value is -2.54. The Morgan fingerprint density at radius 2 is 1.89 bits per heavy atom. The number of benzene rings is 2. The number of thioether (sulfide) groups is 1. The number of carbonyl (C=O) groups excluding carboxylic acids is 2. The molecule has 2 aromatic rings. The normalized spacial score (nSPS) is 10.3. The zero-order valence-electron chi connectivity index (χ0n) is 15.4. The van der Waals surface area contributed by atoms with Crippen molar-refractivity contribution >= 4 is 23.6 Å². The van der Waals surface area contributed by atoms with Crippen molar-refractivity contribution in [2.24, 2.45) is 0 Å². The van der Waals surface area contributed by atoms with Crippen LogP contribution in [0.25, 0.3) is 0 Å². The van der Waals surface area contributed by atoms with Crippen LogP contribution < -0.4 is 10.1 Å². The smallest absolute Gasteiger partial charge is 0.259 e. The summed E-state index contributed by atoms with van der Waals surface area (Å²) in [6, 6.07) is 13.1. The number of amides is 2. The first-order valence-corrected chi connectivity index (χ1v) is 9.54. The molecule has 0 unspecified atom stereocenters. The third-order valence-electron chi connectivity index (χ3n) is 3.65. The zero-order valence-corrected chi connectivity index (χ0v) is 16.2. The van der Waals surface area contributed by atoms with E-state index < -0.39 is 0 Å². The Morgan fingerprint density at radius 1 is 1.15 bits per heavy atom. The number of halogens is 1. The average Bonchev–Trinajstić information content (AvgIpc) is 2.67. The number of nitrogens with one attached hydrogen (secondary N) is 1. The molecule has 7 heteroatoms. The van der Waals surface area contributed by atoms with Gasteiger partial charge in [0.2, 0.25) is 0 Å². The lowest BCUT2D eigenvalue weighted by atomic mass is 10.2. The number of hydrogen-bond acceptors (Lipinski definition) is 4. The van der Waals surface area contributed by atoms with Crippen LogP contribution in [0.3, 0.4) is 0 Å². The Kier molecular flexibility index (Phi) is 8.13. The van der Waals surface area contributed by atoms with Gasteiger partial charge in [-0.3, -0.25) is 9.59 Å². The topological polar surface area (TPSA) is 58.6 Å². The van der Waals surface area contributed by atoms with Crippen molar-refractivity contribution < 1.29 is 18.7 Å². The molecular weight excluding hydrogens is 367 g/mol. The standard InChI is InChI=1S/C20H23FN2O3S/c1-23(2)19(24)14-26-17-6-3-5-15(13-17)20(25)22-11-4-12-27-18-9-7-16(21)8-10-18/h3,5-10,13H,4,11-12,14H2,1-2H3,(H,22,25). The molecule has 1 N–H and O–H groups in total. The second-order valence-electron chi connectivity index (χ2n) is 6.02. The summed E-state index contributed by atoms with van der Waals surface area (Å²) in [5, 5.41) is 2.86. The Balaban J connectivity index is 1.72. The fraction of sp³-hybridized carbons (Fsp3) is 0.300. The van der Waals surface area contributed by atoms with Gasteiger partial charge >= 0.3 is 0 Å². The number of rotatable bonds is 9. The van der Waals surface area contributed by atoms with Crippen molar-refractivity contribution in [2.75, 3.05) is 33.0 Å². The molecule has 2 amide bonds. The summed E-state index contributed by atoms with van der Waals surface area (Å²) >= 11 is 1.62. The van der Waals surface area contributed by atoms with Crippen molar-refractivity contribution in [1.29, 1.82) is 0 Å². The van der Waals surface area contributed by atoms with Crippen molar-refractivity contribution in [3.05, 3.63) is 59.9 Å². The predicted molar refractivity (Wildman–Crippen MR) is 105 cm³/mol. The van der Waals surface area contributed by atoms with Gasteiger partial charge in [0.05, 0.1) is 0 Å². The van der Waals surface area contributed by atoms with Crippen molar-refractivity contribution in [2.45, 2.75) is 11.3 Å². The molecule has 0 aliphatic heterocycles. The molecule has 0 aromatic heterocycles. The Labute approximate surface area is 162 Å². The summed E-state index contributed by atoms with van der Waals surface area (Å²) in [5.41, 5.74) is 0.482. The molecule has 144 valence electrons. The monoisotopic (exact) mass is 390 g/mol. The molecule has 0 saturated carbocycles. The lowest BCUT2D eigenvalue weighted by Gasteiger charge is -2.12. The van der Waals surface area contributed by atoms with Crippen LogP contribution in [0, 0.1) is 5.82 Å². The molecular formula is C20H23FN2O3S. The van der Waals surface area contributed by atoms with Gasteiger partial charge in [0.25, 0.3) is 11.8 Å². The maximum atomic E-state index is 12.8.